The standard InChI is InChI=1S/C17H19NO9S/c1-26-15-7-11(17(22)28(23,24)25)4-5-14(15)27-10-13(19)9-18-6-2-3-12(8-18)16(20)21/h2-8,13,17,19,22H,9-10H2,1H3,(H-,20,21,23,24,25)/p+1. The minimum absolute atomic E-state index is 0.0724. The number of aromatic nitrogens is 1. The van der Waals surface area contributed by atoms with Gasteiger partial charge in [0, 0.05) is 11.6 Å². The monoisotopic (exact) mass is 414 g/mol. The lowest BCUT2D eigenvalue weighted by Crippen LogP contribution is -2.42. The molecule has 0 bridgehead atoms. The van der Waals surface area contributed by atoms with Crippen molar-refractivity contribution in [2.75, 3.05) is 13.7 Å². The molecule has 0 aliphatic heterocycles. The van der Waals surface area contributed by atoms with Crippen molar-refractivity contribution in [1.29, 1.82) is 0 Å². The number of benzene rings is 1. The molecule has 0 saturated carbocycles. The maximum absolute atomic E-state index is 11.0. The summed E-state index contributed by atoms with van der Waals surface area (Å²) in [6.45, 7) is -0.0934. The largest absolute Gasteiger partial charge is 0.493 e. The number of carboxylic acids is 1. The SMILES string of the molecule is COc1cc(C(O)S(=O)(=O)O)ccc1OCC(O)C[n+]1cccc(C(=O)O)c1. The molecule has 0 fully saturated rings. The molecule has 0 aliphatic carbocycles. The number of hydrogen-bond donors (Lipinski definition) is 4. The number of carbonyl (C=O) groups is 1. The van der Waals surface area contributed by atoms with Crippen LogP contribution in [0.1, 0.15) is 21.4 Å². The molecule has 4 N–H and O–H groups in total. The van der Waals surface area contributed by atoms with Crippen LogP contribution < -0.4 is 14.0 Å². The number of rotatable bonds is 9. The van der Waals surface area contributed by atoms with E-state index in [2.05, 4.69) is 0 Å². The Morgan fingerprint density at radius 2 is 1.93 bits per heavy atom. The minimum atomic E-state index is -4.69. The van der Waals surface area contributed by atoms with Crippen LogP contribution in [0.15, 0.2) is 42.7 Å². The molecule has 2 unspecified atom stereocenters. The summed E-state index contributed by atoms with van der Waals surface area (Å²) in [5.74, 6) is -0.818. The highest BCUT2D eigenvalue weighted by atomic mass is 32.2. The number of aliphatic hydroxyl groups excluding tert-OH is 2. The Kier molecular flexibility index (Phi) is 6.91. The summed E-state index contributed by atoms with van der Waals surface area (Å²) in [5, 5.41) is 28.7. The zero-order valence-electron chi connectivity index (χ0n) is 14.8. The van der Waals surface area contributed by atoms with Gasteiger partial charge in [0.2, 0.25) is 5.44 Å². The number of nitrogens with zero attached hydrogens (tertiary/aromatic N) is 1. The molecular weight excluding hydrogens is 394 g/mol. The Morgan fingerprint density at radius 3 is 2.54 bits per heavy atom. The summed E-state index contributed by atoms with van der Waals surface area (Å²) in [5.41, 5.74) is -2.17. The smallest absolute Gasteiger partial charge is 0.341 e. The van der Waals surface area contributed by atoms with Crippen molar-refractivity contribution in [3.05, 3.63) is 53.9 Å². The molecule has 2 atom stereocenters. The van der Waals surface area contributed by atoms with Crippen LogP contribution in [0, 0.1) is 0 Å². The summed E-state index contributed by atoms with van der Waals surface area (Å²) < 4.78 is 43.0. The van der Waals surface area contributed by atoms with Gasteiger partial charge in [0.1, 0.15) is 18.3 Å². The average Bonchev–Trinajstić information content (AvgIpc) is 2.65. The average molecular weight is 414 g/mol. The van der Waals surface area contributed by atoms with Gasteiger partial charge in [0.25, 0.3) is 10.1 Å². The topological polar surface area (TPSA) is 154 Å². The van der Waals surface area contributed by atoms with Crippen LogP contribution in [0.3, 0.4) is 0 Å². The molecule has 0 saturated heterocycles. The van der Waals surface area contributed by atoms with Crippen molar-refractivity contribution >= 4 is 16.1 Å². The van der Waals surface area contributed by atoms with Gasteiger partial charge in [-0.2, -0.15) is 8.42 Å². The fraction of sp³-hybridized carbons (Fsp3) is 0.294. The van der Waals surface area contributed by atoms with E-state index in [0.29, 0.717) is 0 Å². The first-order valence-corrected chi connectivity index (χ1v) is 9.47. The molecule has 10 nitrogen and oxygen atoms in total. The summed E-state index contributed by atoms with van der Waals surface area (Å²) in [4.78, 5) is 11.0. The van der Waals surface area contributed by atoms with Crippen molar-refractivity contribution in [2.24, 2.45) is 0 Å². The van der Waals surface area contributed by atoms with Crippen molar-refractivity contribution in [3.8, 4) is 11.5 Å². The summed E-state index contributed by atoms with van der Waals surface area (Å²) >= 11 is 0. The first-order chi connectivity index (χ1) is 13.1. The highest BCUT2D eigenvalue weighted by Crippen LogP contribution is 2.31. The highest BCUT2D eigenvalue weighted by Gasteiger charge is 2.23. The lowest BCUT2D eigenvalue weighted by molar-refractivity contribution is -0.703. The quantitative estimate of drug-likeness (QED) is 0.328. The van der Waals surface area contributed by atoms with E-state index in [4.69, 9.17) is 19.1 Å². The Hall–Kier alpha value is -2.73. The van der Waals surface area contributed by atoms with Crippen LogP contribution in [0.25, 0.3) is 0 Å². The van der Waals surface area contributed by atoms with E-state index >= 15 is 0 Å². The Bertz CT molecular complexity index is 945. The highest BCUT2D eigenvalue weighted by molar-refractivity contribution is 7.85. The van der Waals surface area contributed by atoms with Crippen LogP contribution in [-0.2, 0) is 16.7 Å². The third kappa shape index (κ3) is 5.63. The van der Waals surface area contributed by atoms with Crippen molar-refractivity contribution in [2.45, 2.75) is 18.1 Å². The van der Waals surface area contributed by atoms with Gasteiger partial charge in [-0.15, -0.1) is 0 Å². The lowest BCUT2D eigenvalue weighted by atomic mass is 10.2. The maximum atomic E-state index is 11.0. The summed E-state index contributed by atoms with van der Waals surface area (Å²) in [7, 11) is -3.39. The Labute approximate surface area is 161 Å². The van der Waals surface area contributed by atoms with Gasteiger partial charge < -0.3 is 24.8 Å². The van der Waals surface area contributed by atoms with Gasteiger partial charge in [-0.05, 0) is 18.2 Å². The molecule has 2 aromatic rings. The van der Waals surface area contributed by atoms with E-state index in [1.54, 1.807) is 12.3 Å². The van der Waals surface area contributed by atoms with E-state index in [9.17, 15) is 23.4 Å². The molecular formula is C17H20NO9S+. The van der Waals surface area contributed by atoms with Crippen molar-refractivity contribution in [3.63, 3.8) is 0 Å². The molecule has 11 heteroatoms. The first kappa shape index (κ1) is 21.6. The number of carboxylic acid groups (broad SMARTS) is 1. The van der Waals surface area contributed by atoms with Gasteiger partial charge in [-0.3, -0.25) is 4.55 Å². The zero-order valence-corrected chi connectivity index (χ0v) is 15.6. The van der Waals surface area contributed by atoms with E-state index in [-0.39, 0.29) is 35.8 Å². The van der Waals surface area contributed by atoms with Gasteiger partial charge in [-0.25, -0.2) is 9.36 Å². The predicted molar refractivity (Wildman–Crippen MR) is 94.6 cm³/mol. The maximum Gasteiger partial charge on any atom is 0.341 e. The summed E-state index contributed by atoms with van der Waals surface area (Å²) in [6, 6.07) is 6.71. The van der Waals surface area contributed by atoms with Gasteiger partial charge in [-0.1, -0.05) is 6.07 Å². The molecule has 0 amide bonds. The van der Waals surface area contributed by atoms with Gasteiger partial charge >= 0.3 is 5.97 Å². The fourth-order valence-corrected chi connectivity index (χ4v) is 2.86. The number of aliphatic hydroxyl groups is 2. The zero-order chi connectivity index (χ0) is 20.9. The Morgan fingerprint density at radius 1 is 1.21 bits per heavy atom. The minimum Gasteiger partial charge on any atom is -0.493 e. The van der Waals surface area contributed by atoms with Crippen molar-refractivity contribution in [1.82, 2.24) is 0 Å². The predicted octanol–water partition coefficient (Wildman–Crippen LogP) is -0.000500. The second-order valence-electron chi connectivity index (χ2n) is 5.84. The third-order valence-corrected chi connectivity index (χ3v) is 4.55. The van der Waals surface area contributed by atoms with E-state index in [1.165, 1.54) is 42.1 Å². The van der Waals surface area contributed by atoms with Gasteiger partial charge in [0.05, 0.1) is 7.11 Å². The molecule has 1 aromatic heterocycles. The number of ether oxygens (including phenoxy) is 2. The van der Waals surface area contributed by atoms with Crippen molar-refractivity contribution < 1.29 is 47.1 Å². The first-order valence-electron chi connectivity index (χ1n) is 7.97. The van der Waals surface area contributed by atoms with E-state index < -0.39 is 27.6 Å². The number of pyridine rings is 1. The molecule has 1 aromatic carbocycles. The van der Waals surface area contributed by atoms with Crippen LogP contribution in [-0.4, -0.2) is 54.1 Å². The van der Waals surface area contributed by atoms with E-state index in [1.807, 2.05) is 0 Å². The molecule has 1 heterocycles. The second-order valence-corrected chi connectivity index (χ2v) is 7.31. The molecule has 152 valence electrons. The molecule has 0 spiro atoms. The fourth-order valence-electron chi connectivity index (χ4n) is 2.37. The van der Waals surface area contributed by atoms with Crippen LogP contribution in [0.2, 0.25) is 0 Å². The lowest BCUT2D eigenvalue weighted by Gasteiger charge is -2.15. The molecule has 0 aliphatic rings. The third-order valence-electron chi connectivity index (χ3n) is 3.71. The number of methoxy groups -OCH3 is 1. The normalized spacial score (nSPS) is 13.6. The van der Waals surface area contributed by atoms with Crippen LogP contribution in [0.5, 0.6) is 11.5 Å². The number of aromatic carboxylic acids is 1. The number of hydrogen-bond acceptors (Lipinski definition) is 7. The Balaban J connectivity index is 2.05. The van der Waals surface area contributed by atoms with Crippen LogP contribution in [0.4, 0.5) is 0 Å². The van der Waals surface area contributed by atoms with Crippen LogP contribution >= 0.6 is 0 Å². The second kappa shape index (κ2) is 8.97. The summed E-state index contributed by atoms with van der Waals surface area (Å²) in [6.07, 6.45) is 1.99. The van der Waals surface area contributed by atoms with Gasteiger partial charge in [0.15, 0.2) is 30.4 Å². The molecule has 0 radical (unpaired) electrons. The molecule has 28 heavy (non-hydrogen) atoms. The molecule has 2 rings (SSSR count). The van der Waals surface area contributed by atoms with E-state index in [0.717, 1.165) is 0 Å².